The van der Waals surface area contributed by atoms with Gasteiger partial charge >= 0.3 is 6.36 Å². The van der Waals surface area contributed by atoms with Gasteiger partial charge in [0.1, 0.15) is 0 Å². The molecule has 3 rings (SSSR count). The van der Waals surface area contributed by atoms with Crippen LogP contribution in [0.4, 0.5) is 18.9 Å². The van der Waals surface area contributed by atoms with Crippen molar-refractivity contribution in [1.82, 2.24) is 4.90 Å². The van der Waals surface area contributed by atoms with Gasteiger partial charge in [-0.3, -0.25) is 9.59 Å². The molecule has 2 aromatic rings. The molecule has 1 saturated heterocycles. The molecule has 1 unspecified atom stereocenters. The van der Waals surface area contributed by atoms with Crippen LogP contribution in [-0.4, -0.2) is 29.6 Å². The minimum atomic E-state index is -4.86. The van der Waals surface area contributed by atoms with Crippen LogP contribution in [0.25, 0.3) is 0 Å². The SMILES string of the molecule is O=C(Nc1ccccc1OC(F)(F)F)C1CC(=O)N(Cc2ccccc2)C1. The van der Waals surface area contributed by atoms with Gasteiger partial charge in [0.05, 0.1) is 11.6 Å². The zero-order valence-corrected chi connectivity index (χ0v) is 14.2. The standard InChI is InChI=1S/C19H17F3N2O3/c20-19(21,22)27-16-9-5-4-8-15(16)23-18(26)14-10-17(25)24(12-14)11-13-6-2-1-3-7-13/h1-9,14H,10-12H2,(H,23,26). The first-order valence-corrected chi connectivity index (χ1v) is 8.29. The number of alkyl halides is 3. The molecule has 5 nitrogen and oxygen atoms in total. The van der Waals surface area contributed by atoms with Gasteiger partial charge in [0, 0.05) is 19.5 Å². The minimum absolute atomic E-state index is 0.0148. The summed E-state index contributed by atoms with van der Waals surface area (Å²) >= 11 is 0. The number of rotatable bonds is 5. The van der Waals surface area contributed by atoms with E-state index in [1.807, 2.05) is 30.3 Å². The maximum atomic E-state index is 12.5. The second-order valence-electron chi connectivity index (χ2n) is 6.19. The van der Waals surface area contributed by atoms with Crippen molar-refractivity contribution in [2.45, 2.75) is 19.3 Å². The molecular weight excluding hydrogens is 361 g/mol. The summed E-state index contributed by atoms with van der Waals surface area (Å²) in [5.41, 5.74) is 0.851. The van der Waals surface area contributed by atoms with Crippen molar-refractivity contribution in [3.05, 3.63) is 60.2 Å². The molecule has 1 fully saturated rings. The number of hydrogen-bond acceptors (Lipinski definition) is 3. The molecule has 0 aliphatic carbocycles. The third-order valence-electron chi connectivity index (χ3n) is 4.17. The molecule has 2 amide bonds. The van der Waals surface area contributed by atoms with Crippen LogP contribution in [0.3, 0.4) is 0 Å². The predicted molar refractivity (Wildman–Crippen MR) is 91.7 cm³/mol. The highest BCUT2D eigenvalue weighted by atomic mass is 19.4. The number of likely N-dealkylation sites (tertiary alicyclic amines) is 1. The summed E-state index contributed by atoms with van der Waals surface area (Å²) in [6.07, 6.45) is -4.85. The Bertz CT molecular complexity index is 824. The zero-order valence-electron chi connectivity index (χ0n) is 14.2. The number of para-hydroxylation sites is 2. The Morgan fingerprint density at radius 1 is 1.11 bits per heavy atom. The molecule has 27 heavy (non-hydrogen) atoms. The highest BCUT2D eigenvalue weighted by molar-refractivity contribution is 5.98. The summed E-state index contributed by atoms with van der Waals surface area (Å²) in [6.45, 7) is 0.596. The van der Waals surface area contributed by atoms with E-state index in [4.69, 9.17) is 0 Å². The Morgan fingerprint density at radius 3 is 2.48 bits per heavy atom. The molecule has 1 atom stereocenters. The predicted octanol–water partition coefficient (Wildman–Crippen LogP) is 3.57. The molecular formula is C19H17F3N2O3. The van der Waals surface area contributed by atoms with E-state index in [1.54, 1.807) is 4.90 Å². The number of carbonyl (C=O) groups excluding carboxylic acids is 2. The number of hydrogen-bond donors (Lipinski definition) is 1. The van der Waals surface area contributed by atoms with E-state index in [0.29, 0.717) is 6.54 Å². The molecule has 2 aromatic carbocycles. The molecule has 1 heterocycles. The normalized spacial score (nSPS) is 17.1. The van der Waals surface area contributed by atoms with Gasteiger partial charge in [0.25, 0.3) is 0 Å². The number of carbonyl (C=O) groups is 2. The number of nitrogens with one attached hydrogen (secondary N) is 1. The van der Waals surface area contributed by atoms with E-state index in [2.05, 4.69) is 10.1 Å². The molecule has 1 aliphatic heterocycles. The first kappa shape index (κ1) is 18.8. The maximum Gasteiger partial charge on any atom is 0.573 e. The summed E-state index contributed by atoms with van der Waals surface area (Å²) in [5.74, 6) is -1.82. The van der Waals surface area contributed by atoms with Gasteiger partial charge in [-0.2, -0.15) is 0 Å². The quantitative estimate of drug-likeness (QED) is 0.865. The second kappa shape index (κ2) is 7.69. The van der Waals surface area contributed by atoms with E-state index in [-0.39, 0.29) is 24.6 Å². The maximum absolute atomic E-state index is 12.5. The Labute approximate surface area is 153 Å². The number of anilines is 1. The fourth-order valence-electron chi connectivity index (χ4n) is 2.92. The molecule has 1 N–H and O–H groups in total. The highest BCUT2D eigenvalue weighted by Gasteiger charge is 2.35. The minimum Gasteiger partial charge on any atom is -0.404 e. The molecule has 0 aromatic heterocycles. The monoisotopic (exact) mass is 378 g/mol. The van der Waals surface area contributed by atoms with Crippen molar-refractivity contribution in [3.63, 3.8) is 0 Å². The van der Waals surface area contributed by atoms with Crippen LogP contribution in [0, 0.1) is 5.92 Å². The fraction of sp³-hybridized carbons (Fsp3) is 0.263. The lowest BCUT2D eigenvalue weighted by atomic mass is 10.1. The topological polar surface area (TPSA) is 58.6 Å². The van der Waals surface area contributed by atoms with Crippen LogP contribution in [0.15, 0.2) is 54.6 Å². The van der Waals surface area contributed by atoms with E-state index in [1.165, 1.54) is 18.2 Å². The van der Waals surface area contributed by atoms with Crippen molar-refractivity contribution in [1.29, 1.82) is 0 Å². The van der Waals surface area contributed by atoms with E-state index in [0.717, 1.165) is 11.6 Å². The summed E-state index contributed by atoms with van der Waals surface area (Å²) < 4.78 is 41.4. The molecule has 0 bridgehead atoms. The van der Waals surface area contributed by atoms with Crippen molar-refractivity contribution in [3.8, 4) is 5.75 Å². The van der Waals surface area contributed by atoms with Gasteiger partial charge in [-0.15, -0.1) is 13.2 Å². The van der Waals surface area contributed by atoms with Crippen molar-refractivity contribution in [2.75, 3.05) is 11.9 Å². The number of nitrogens with zero attached hydrogens (tertiary/aromatic N) is 1. The highest BCUT2D eigenvalue weighted by Crippen LogP contribution is 2.31. The lowest BCUT2D eigenvalue weighted by Crippen LogP contribution is -2.28. The molecule has 0 saturated carbocycles. The van der Waals surface area contributed by atoms with Crippen LogP contribution in [0.1, 0.15) is 12.0 Å². The molecule has 8 heteroatoms. The van der Waals surface area contributed by atoms with Crippen molar-refractivity contribution < 1.29 is 27.5 Å². The summed E-state index contributed by atoms with van der Waals surface area (Å²) in [4.78, 5) is 26.2. The number of amides is 2. The first-order valence-electron chi connectivity index (χ1n) is 8.29. The van der Waals surface area contributed by atoms with Crippen LogP contribution in [-0.2, 0) is 16.1 Å². The van der Waals surface area contributed by atoms with Gasteiger partial charge < -0.3 is 15.0 Å². The van der Waals surface area contributed by atoms with Crippen LogP contribution in [0.2, 0.25) is 0 Å². The van der Waals surface area contributed by atoms with Gasteiger partial charge in [-0.25, -0.2) is 0 Å². The van der Waals surface area contributed by atoms with Crippen LogP contribution < -0.4 is 10.1 Å². The first-order chi connectivity index (χ1) is 12.8. The number of benzene rings is 2. The van der Waals surface area contributed by atoms with E-state index < -0.39 is 23.9 Å². The van der Waals surface area contributed by atoms with Crippen molar-refractivity contribution in [2.24, 2.45) is 5.92 Å². The summed E-state index contributed by atoms with van der Waals surface area (Å²) in [6, 6.07) is 14.6. The number of halogens is 3. The van der Waals surface area contributed by atoms with Crippen molar-refractivity contribution >= 4 is 17.5 Å². The average molecular weight is 378 g/mol. The summed E-state index contributed by atoms with van der Waals surface area (Å²) in [7, 11) is 0. The molecule has 0 spiro atoms. The fourth-order valence-corrected chi connectivity index (χ4v) is 2.92. The van der Waals surface area contributed by atoms with Crippen LogP contribution >= 0.6 is 0 Å². The average Bonchev–Trinajstić information content (AvgIpc) is 2.97. The number of ether oxygens (including phenoxy) is 1. The van der Waals surface area contributed by atoms with Crippen LogP contribution in [0.5, 0.6) is 5.75 Å². The smallest absolute Gasteiger partial charge is 0.404 e. The lowest BCUT2D eigenvalue weighted by molar-refractivity contribution is -0.274. The Morgan fingerprint density at radius 2 is 1.78 bits per heavy atom. The van der Waals surface area contributed by atoms with Gasteiger partial charge in [0.15, 0.2) is 5.75 Å². The van der Waals surface area contributed by atoms with Gasteiger partial charge in [0.2, 0.25) is 11.8 Å². The molecule has 142 valence electrons. The largest absolute Gasteiger partial charge is 0.573 e. The Hall–Kier alpha value is -3.03. The Kier molecular flexibility index (Phi) is 5.34. The zero-order chi connectivity index (χ0) is 19.4. The van der Waals surface area contributed by atoms with Gasteiger partial charge in [-0.1, -0.05) is 42.5 Å². The molecule has 1 aliphatic rings. The summed E-state index contributed by atoms with van der Waals surface area (Å²) in [5, 5.41) is 2.44. The van der Waals surface area contributed by atoms with E-state index in [9.17, 15) is 22.8 Å². The molecule has 0 radical (unpaired) electrons. The van der Waals surface area contributed by atoms with E-state index >= 15 is 0 Å². The lowest BCUT2D eigenvalue weighted by Gasteiger charge is -2.17. The second-order valence-corrected chi connectivity index (χ2v) is 6.19. The van der Waals surface area contributed by atoms with Gasteiger partial charge in [-0.05, 0) is 17.7 Å². The third-order valence-corrected chi connectivity index (χ3v) is 4.17. The Balaban J connectivity index is 1.65. The third kappa shape index (κ3) is 4.99.